The first-order valence-corrected chi connectivity index (χ1v) is 28.5. The predicted octanol–water partition coefficient (Wildman–Crippen LogP) is 10.8. The third-order valence-corrected chi connectivity index (χ3v) is 29.1. The van der Waals surface area contributed by atoms with Gasteiger partial charge in [-0.3, -0.25) is 0 Å². The summed E-state index contributed by atoms with van der Waals surface area (Å²) in [5.74, 6) is 0. The van der Waals surface area contributed by atoms with Crippen LogP contribution in [-0.2, 0) is 41.9 Å². The number of benzene rings is 4. The summed E-state index contributed by atoms with van der Waals surface area (Å²) in [4.78, 5) is 0. The maximum atomic E-state index is 2.72. The van der Waals surface area contributed by atoms with Crippen molar-refractivity contribution in [1.29, 1.82) is 0 Å². The van der Waals surface area contributed by atoms with E-state index in [1.165, 1.54) is 96.0 Å². The van der Waals surface area contributed by atoms with E-state index >= 15 is 0 Å². The average molecular weight is 895 g/mol. The van der Waals surface area contributed by atoms with Crippen molar-refractivity contribution in [3.63, 3.8) is 0 Å². The summed E-state index contributed by atoms with van der Waals surface area (Å²) in [6.07, 6.45) is 11.7. The van der Waals surface area contributed by atoms with Crippen LogP contribution in [0.2, 0.25) is 8.26 Å². The van der Waals surface area contributed by atoms with Crippen molar-refractivity contribution in [2.75, 3.05) is 0 Å². The molecule has 0 amide bonds. The van der Waals surface area contributed by atoms with E-state index < -0.39 is 20.3 Å². The number of hydrogen-bond donors (Lipinski definition) is 0. The molecule has 1 heterocycles. The van der Waals surface area contributed by atoms with Gasteiger partial charge in [0.1, 0.15) is 0 Å². The van der Waals surface area contributed by atoms with E-state index in [-0.39, 0.29) is 46.5 Å². The van der Waals surface area contributed by atoms with Crippen molar-refractivity contribution in [2.45, 2.75) is 166 Å². The normalized spacial score (nSPS) is 18.1. The molecule has 4 aromatic carbocycles. The first kappa shape index (κ1) is 46.9. The van der Waals surface area contributed by atoms with Crippen LogP contribution in [0.25, 0.3) is 34.4 Å². The van der Waals surface area contributed by atoms with E-state index in [9.17, 15) is 0 Å². The Kier molecular flexibility index (Phi) is 13.7. The van der Waals surface area contributed by atoms with Gasteiger partial charge in [0.05, 0.1) is 0 Å². The summed E-state index contributed by atoms with van der Waals surface area (Å²) in [5, 5.41) is 0. The first-order chi connectivity index (χ1) is 26.2. The second-order valence-electron chi connectivity index (χ2n) is 22.1. The van der Waals surface area contributed by atoms with Crippen LogP contribution in [0.15, 0.2) is 83.9 Å². The SMILES string of the molecule is CCCC1=Cc2c(-c3cc(C(C)(C)C)cc(C(C)(C)C)c3)cccc2[CH]1[Zr+2]1([CH]2C(CCC)=Cc3c(-c4cc(C(C)(C)C)cc(C(C)(C)C)c4)cccc32)[CH2]C[CH2]1.[Cl-].[Cl-]. The standard InChI is InChI=1S/2C26H33.C3H6.2ClH.Zr/c2*1-8-10-18-13-19-11-9-12-23(24(19)14-18)20-15-21(25(2,3)4)17-22(16-20)26(5,6)7;1-3-2;;;/h2*9,11-17H,8,10H2,1-7H3;1-3H2;2*1H;/q;;;;;+2/p-2. The number of fused-ring (bicyclic) bond motifs is 2. The van der Waals surface area contributed by atoms with Gasteiger partial charge in [-0.2, -0.15) is 0 Å². The minimum absolute atomic E-state index is 0. The van der Waals surface area contributed by atoms with Crippen LogP contribution in [0.5, 0.6) is 0 Å². The second-order valence-corrected chi connectivity index (χ2v) is 33.5. The zero-order chi connectivity index (χ0) is 40.6. The molecular formula is C55H72Cl2Zr. The van der Waals surface area contributed by atoms with Crippen molar-refractivity contribution < 1.29 is 45.1 Å². The molecule has 7 rings (SSSR count). The molecule has 3 aliphatic rings. The summed E-state index contributed by atoms with van der Waals surface area (Å²) >= 11 is -3.01. The Labute approximate surface area is 371 Å². The molecule has 310 valence electrons. The Morgan fingerprint density at radius 2 is 0.810 bits per heavy atom. The maximum absolute atomic E-state index is 3.01. The van der Waals surface area contributed by atoms with Crippen LogP contribution < -0.4 is 24.8 Å². The van der Waals surface area contributed by atoms with Crippen LogP contribution in [-0.4, -0.2) is 0 Å². The maximum Gasteiger partial charge on any atom is -1.00 e. The number of halogens is 2. The van der Waals surface area contributed by atoms with Crippen LogP contribution >= 0.6 is 0 Å². The number of rotatable bonds is 8. The smallest absolute Gasteiger partial charge is 1.00 e. The van der Waals surface area contributed by atoms with Gasteiger partial charge in [-0.1, -0.05) is 0 Å². The number of hydrogen-bond acceptors (Lipinski definition) is 0. The van der Waals surface area contributed by atoms with Crippen molar-refractivity contribution in [2.24, 2.45) is 0 Å². The largest absolute Gasteiger partial charge is 1.00 e. The second kappa shape index (κ2) is 16.9. The first-order valence-electron chi connectivity index (χ1n) is 22.2. The molecule has 3 heteroatoms. The monoisotopic (exact) mass is 892 g/mol. The molecule has 0 spiro atoms. The molecule has 4 aromatic rings. The Hall–Kier alpha value is -2.18. The molecule has 2 unspecified atom stereocenters. The molecule has 2 atom stereocenters. The molecular weight excluding hydrogens is 823 g/mol. The Bertz CT molecular complexity index is 1980. The fourth-order valence-electron chi connectivity index (χ4n) is 10.4. The van der Waals surface area contributed by atoms with Crippen LogP contribution in [0.3, 0.4) is 0 Å². The van der Waals surface area contributed by atoms with Crippen molar-refractivity contribution >= 4 is 12.2 Å². The molecule has 1 aliphatic heterocycles. The number of allylic oxidation sites excluding steroid dienone is 2. The molecule has 2 aliphatic carbocycles. The summed E-state index contributed by atoms with van der Waals surface area (Å²) in [6.45, 7) is 33.3. The molecule has 0 bridgehead atoms. The minimum atomic E-state index is -3.01. The van der Waals surface area contributed by atoms with Gasteiger partial charge in [0.15, 0.2) is 0 Å². The molecule has 0 nitrogen and oxygen atoms in total. The minimum Gasteiger partial charge on any atom is -1.00 e. The van der Waals surface area contributed by atoms with Gasteiger partial charge < -0.3 is 24.8 Å². The van der Waals surface area contributed by atoms with E-state index in [0.29, 0.717) is 7.25 Å². The molecule has 0 saturated carbocycles. The van der Waals surface area contributed by atoms with Gasteiger partial charge in [-0.15, -0.1) is 0 Å². The Morgan fingerprint density at radius 3 is 1.07 bits per heavy atom. The Morgan fingerprint density at radius 1 is 0.483 bits per heavy atom. The molecule has 58 heavy (non-hydrogen) atoms. The molecule has 0 N–H and O–H groups in total. The zero-order valence-electron chi connectivity index (χ0n) is 38.4. The quantitative estimate of drug-likeness (QED) is 0.165. The summed E-state index contributed by atoms with van der Waals surface area (Å²) in [7, 11) is 0. The Balaban J connectivity index is 0.00000320. The molecule has 0 radical (unpaired) electrons. The average Bonchev–Trinajstić information content (AvgIpc) is 3.65. The van der Waals surface area contributed by atoms with E-state index in [1.807, 2.05) is 0 Å². The van der Waals surface area contributed by atoms with Crippen LogP contribution in [0.4, 0.5) is 0 Å². The fraction of sp³-hybridized carbons (Fsp3) is 0.491. The van der Waals surface area contributed by atoms with Crippen molar-refractivity contribution in [1.82, 2.24) is 0 Å². The summed E-state index contributed by atoms with van der Waals surface area (Å²) in [6, 6.07) is 29.9. The molecule has 1 saturated heterocycles. The fourth-order valence-corrected chi connectivity index (χ4v) is 26.0. The van der Waals surface area contributed by atoms with Gasteiger partial charge in [-0.25, -0.2) is 0 Å². The van der Waals surface area contributed by atoms with Gasteiger partial charge in [0.25, 0.3) is 0 Å². The van der Waals surface area contributed by atoms with Gasteiger partial charge in [0, 0.05) is 0 Å². The van der Waals surface area contributed by atoms with E-state index in [2.05, 4.69) is 182 Å². The van der Waals surface area contributed by atoms with Crippen molar-refractivity contribution in [3.8, 4) is 22.3 Å². The summed E-state index contributed by atoms with van der Waals surface area (Å²) < 4.78 is 4.30. The van der Waals surface area contributed by atoms with Crippen LogP contribution in [0, 0.1) is 0 Å². The molecule has 0 aromatic heterocycles. The van der Waals surface area contributed by atoms with E-state index in [4.69, 9.17) is 0 Å². The van der Waals surface area contributed by atoms with Gasteiger partial charge in [0.2, 0.25) is 0 Å². The van der Waals surface area contributed by atoms with Gasteiger partial charge in [-0.05, 0) is 0 Å². The van der Waals surface area contributed by atoms with E-state index in [1.54, 1.807) is 22.3 Å². The zero-order valence-corrected chi connectivity index (χ0v) is 42.4. The third-order valence-electron chi connectivity index (χ3n) is 13.8. The van der Waals surface area contributed by atoms with Crippen LogP contribution in [0.1, 0.15) is 181 Å². The van der Waals surface area contributed by atoms with Gasteiger partial charge >= 0.3 is 349 Å². The summed E-state index contributed by atoms with van der Waals surface area (Å²) in [5.41, 5.74) is 21.8. The molecule has 1 fully saturated rings. The predicted molar refractivity (Wildman–Crippen MR) is 244 cm³/mol. The van der Waals surface area contributed by atoms with Crippen molar-refractivity contribution in [3.05, 3.63) is 128 Å². The van der Waals surface area contributed by atoms with E-state index in [0.717, 1.165) is 0 Å². The topological polar surface area (TPSA) is 0 Å². The third kappa shape index (κ3) is 8.64.